The van der Waals surface area contributed by atoms with Gasteiger partial charge in [0.25, 0.3) is 0 Å². The lowest BCUT2D eigenvalue weighted by molar-refractivity contribution is 0.0535. The maximum absolute atomic E-state index is 12.5. The Morgan fingerprint density at radius 3 is 2.41 bits per heavy atom. The van der Waals surface area contributed by atoms with Crippen LogP contribution in [0.5, 0.6) is 23.0 Å². The molecule has 0 fully saturated rings. The van der Waals surface area contributed by atoms with Gasteiger partial charge in [0.15, 0.2) is 23.0 Å². The molecule has 2 heterocycles. The first-order valence-electron chi connectivity index (χ1n) is 8.48. The molecule has 5 rings (SSSR count). The summed E-state index contributed by atoms with van der Waals surface area (Å²) >= 11 is 0. The quantitative estimate of drug-likeness (QED) is 0.657. The summed E-state index contributed by atoms with van der Waals surface area (Å²) in [7, 11) is 3.17. The number of carbonyl (C=O) groups is 1. The van der Waals surface area contributed by atoms with Crippen LogP contribution in [0.2, 0.25) is 0 Å². The van der Waals surface area contributed by atoms with E-state index in [1.165, 1.54) is 0 Å². The predicted molar refractivity (Wildman–Crippen MR) is 97.7 cm³/mol. The summed E-state index contributed by atoms with van der Waals surface area (Å²) in [6, 6.07) is 11.4. The molecule has 0 saturated heterocycles. The number of esters is 1. The highest BCUT2D eigenvalue weighted by molar-refractivity contribution is 6.11. The van der Waals surface area contributed by atoms with Gasteiger partial charge in [-0.25, -0.2) is 4.79 Å². The lowest BCUT2D eigenvalue weighted by atomic mass is 9.90. The number of rotatable bonds is 3. The van der Waals surface area contributed by atoms with E-state index in [4.69, 9.17) is 23.7 Å². The predicted octanol–water partition coefficient (Wildman–Crippen LogP) is 3.92. The largest absolute Gasteiger partial charge is 0.493 e. The van der Waals surface area contributed by atoms with Gasteiger partial charge in [-0.1, -0.05) is 6.07 Å². The zero-order valence-electron chi connectivity index (χ0n) is 14.8. The molecule has 0 atom stereocenters. The molecule has 6 heteroatoms. The van der Waals surface area contributed by atoms with Crippen molar-refractivity contribution in [1.29, 1.82) is 0 Å². The Morgan fingerprint density at radius 2 is 1.63 bits per heavy atom. The second-order valence-electron chi connectivity index (χ2n) is 6.36. The van der Waals surface area contributed by atoms with Crippen LogP contribution in [0.1, 0.15) is 15.9 Å². The summed E-state index contributed by atoms with van der Waals surface area (Å²) in [6.07, 6.45) is 0. The van der Waals surface area contributed by atoms with Crippen molar-refractivity contribution in [2.45, 2.75) is 6.61 Å². The van der Waals surface area contributed by atoms with Crippen LogP contribution >= 0.6 is 0 Å². The third-order valence-electron chi connectivity index (χ3n) is 4.95. The van der Waals surface area contributed by atoms with Crippen LogP contribution in [0.25, 0.3) is 21.9 Å². The number of ether oxygens (including phenoxy) is 5. The van der Waals surface area contributed by atoms with Crippen molar-refractivity contribution in [2.24, 2.45) is 0 Å². The van der Waals surface area contributed by atoms with Crippen molar-refractivity contribution in [3.63, 3.8) is 0 Å². The van der Waals surface area contributed by atoms with Crippen molar-refractivity contribution in [2.75, 3.05) is 21.0 Å². The molecule has 6 nitrogen and oxygen atoms in total. The maximum Gasteiger partial charge on any atom is 0.339 e. The lowest BCUT2D eigenvalue weighted by Gasteiger charge is -2.14. The molecule has 3 aromatic carbocycles. The molecule has 0 aliphatic carbocycles. The molecule has 0 saturated carbocycles. The average molecular weight is 364 g/mol. The van der Waals surface area contributed by atoms with Gasteiger partial charge < -0.3 is 23.7 Å². The van der Waals surface area contributed by atoms with E-state index >= 15 is 0 Å². The number of cyclic esters (lactones) is 1. The number of hydrogen-bond acceptors (Lipinski definition) is 6. The third-order valence-corrected chi connectivity index (χ3v) is 4.95. The molecule has 0 unspecified atom stereocenters. The normalized spacial score (nSPS) is 14.2. The standard InChI is InChI=1S/C21H16O6/c1-23-15-4-3-11(6-16(15)24-2)19-14-8-18-17(26-10-27-18)7-12(14)5-13-9-25-21(22)20(13)19/h3-8H,9-10H2,1-2H3. The van der Waals surface area contributed by atoms with Crippen LogP contribution in [0, 0.1) is 0 Å². The molecular formula is C21H16O6. The molecule has 3 aromatic rings. The van der Waals surface area contributed by atoms with E-state index in [9.17, 15) is 4.79 Å². The molecule has 2 aliphatic rings. The summed E-state index contributed by atoms with van der Waals surface area (Å²) in [6.45, 7) is 0.456. The van der Waals surface area contributed by atoms with Gasteiger partial charge in [0.2, 0.25) is 6.79 Å². The fourth-order valence-electron chi connectivity index (χ4n) is 3.70. The fourth-order valence-corrected chi connectivity index (χ4v) is 3.70. The van der Waals surface area contributed by atoms with E-state index in [0.717, 1.165) is 27.5 Å². The molecule has 27 heavy (non-hydrogen) atoms. The molecule has 2 aliphatic heterocycles. The molecule has 0 spiro atoms. The van der Waals surface area contributed by atoms with E-state index in [1.807, 2.05) is 36.4 Å². The minimum absolute atomic E-state index is 0.194. The van der Waals surface area contributed by atoms with Crippen LogP contribution in [-0.2, 0) is 11.3 Å². The Hall–Kier alpha value is -3.41. The number of benzene rings is 3. The van der Waals surface area contributed by atoms with Crippen LogP contribution < -0.4 is 18.9 Å². The summed E-state index contributed by atoms with van der Waals surface area (Å²) in [4.78, 5) is 12.5. The van der Waals surface area contributed by atoms with Crippen molar-refractivity contribution < 1.29 is 28.5 Å². The van der Waals surface area contributed by atoms with Crippen LogP contribution in [0.4, 0.5) is 0 Å². The van der Waals surface area contributed by atoms with Crippen molar-refractivity contribution in [3.05, 3.63) is 47.5 Å². The number of fused-ring (bicyclic) bond motifs is 3. The van der Waals surface area contributed by atoms with E-state index < -0.39 is 0 Å². The van der Waals surface area contributed by atoms with E-state index in [2.05, 4.69) is 0 Å². The third kappa shape index (κ3) is 2.30. The van der Waals surface area contributed by atoms with Gasteiger partial charge in [0, 0.05) is 11.1 Å². The summed E-state index contributed by atoms with van der Waals surface area (Å²) < 4.78 is 27.1. The summed E-state index contributed by atoms with van der Waals surface area (Å²) in [5.74, 6) is 2.25. The van der Waals surface area contributed by atoms with E-state index in [0.29, 0.717) is 28.6 Å². The van der Waals surface area contributed by atoms with Crippen LogP contribution in [0.3, 0.4) is 0 Å². The molecular weight excluding hydrogens is 348 g/mol. The van der Waals surface area contributed by atoms with Crippen LogP contribution in [-0.4, -0.2) is 27.0 Å². The van der Waals surface area contributed by atoms with Gasteiger partial charge in [-0.05, 0) is 46.7 Å². The number of hydrogen-bond donors (Lipinski definition) is 0. The Morgan fingerprint density at radius 1 is 0.852 bits per heavy atom. The SMILES string of the molecule is COc1ccc(-c2c3c(cc4cc5c(cc24)OCO5)COC3=O)cc1OC. The van der Waals surface area contributed by atoms with Gasteiger partial charge in [0.1, 0.15) is 6.61 Å². The van der Waals surface area contributed by atoms with Gasteiger partial charge in [-0.3, -0.25) is 0 Å². The van der Waals surface area contributed by atoms with Gasteiger partial charge in [-0.15, -0.1) is 0 Å². The highest BCUT2D eigenvalue weighted by Crippen LogP contribution is 2.45. The smallest absolute Gasteiger partial charge is 0.339 e. The number of carbonyl (C=O) groups excluding carboxylic acids is 1. The maximum atomic E-state index is 12.5. The fraction of sp³-hybridized carbons (Fsp3) is 0.190. The Labute approximate surface area is 155 Å². The molecule has 0 amide bonds. The topological polar surface area (TPSA) is 63.2 Å². The van der Waals surface area contributed by atoms with Crippen molar-refractivity contribution >= 4 is 16.7 Å². The first kappa shape index (κ1) is 15.8. The average Bonchev–Trinajstić information content (AvgIpc) is 3.30. The Balaban J connectivity index is 1.85. The number of methoxy groups -OCH3 is 2. The van der Waals surface area contributed by atoms with Crippen LogP contribution in [0.15, 0.2) is 36.4 Å². The second-order valence-corrected chi connectivity index (χ2v) is 6.36. The summed E-state index contributed by atoms with van der Waals surface area (Å²) in [5.41, 5.74) is 3.07. The zero-order chi connectivity index (χ0) is 18.5. The molecule has 0 N–H and O–H groups in total. The minimum Gasteiger partial charge on any atom is -0.493 e. The zero-order valence-corrected chi connectivity index (χ0v) is 14.8. The van der Waals surface area contributed by atoms with Crippen molar-refractivity contribution in [1.82, 2.24) is 0 Å². The second kappa shape index (κ2) is 5.81. The molecule has 0 radical (unpaired) electrons. The first-order chi connectivity index (χ1) is 13.2. The Bertz CT molecular complexity index is 1100. The lowest BCUT2D eigenvalue weighted by Crippen LogP contribution is -1.99. The molecule has 0 bridgehead atoms. The first-order valence-corrected chi connectivity index (χ1v) is 8.48. The monoisotopic (exact) mass is 364 g/mol. The molecule has 0 aromatic heterocycles. The van der Waals surface area contributed by atoms with E-state index in [-0.39, 0.29) is 19.4 Å². The highest BCUT2D eigenvalue weighted by atomic mass is 16.7. The van der Waals surface area contributed by atoms with Gasteiger partial charge in [-0.2, -0.15) is 0 Å². The summed E-state index contributed by atoms with van der Waals surface area (Å²) in [5, 5.41) is 1.85. The Kier molecular flexibility index (Phi) is 3.40. The van der Waals surface area contributed by atoms with Gasteiger partial charge >= 0.3 is 5.97 Å². The highest BCUT2D eigenvalue weighted by Gasteiger charge is 2.29. The molecule has 136 valence electrons. The van der Waals surface area contributed by atoms with E-state index in [1.54, 1.807) is 14.2 Å². The minimum atomic E-state index is -0.325. The van der Waals surface area contributed by atoms with Gasteiger partial charge in [0.05, 0.1) is 19.8 Å². The van der Waals surface area contributed by atoms with Crippen molar-refractivity contribution in [3.8, 4) is 34.1 Å².